The fourth-order valence-corrected chi connectivity index (χ4v) is 4.53. The van der Waals surface area contributed by atoms with Gasteiger partial charge >= 0.3 is 0 Å². The van der Waals surface area contributed by atoms with Crippen LogP contribution in [0.2, 0.25) is 0 Å². The van der Waals surface area contributed by atoms with E-state index in [-0.39, 0.29) is 0 Å². The van der Waals surface area contributed by atoms with Gasteiger partial charge in [-0.05, 0) is 36.6 Å². The number of hydrogen-bond acceptors (Lipinski definition) is 0. The summed E-state index contributed by atoms with van der Waals surface area (Å²) in [4.78, 5) is 0. The van der Waals surface area contributed by atoms with E-state index in [1.165, 1.54) is 75.0 Å². The predicted molar refractivity (Wildman–Crippen MR) is 80.5 cm³/mol. The summed E-state index contributed by atoms with van der Waals surface area (Å²) >= 11 is 0. The number of rotatable bonds is 12. The molecule has 0 atom stereocenters. The molecule has 0 aromatic rings. The van der Waals surface area contributed by atoms with Gasteiger partial charge in [-0.2, -0.15) is 0 Å². The second kappa shape index (κ2) is 13.4. The summed E-state index contributed by atoms with van der Waals surface area (Å²) in [5.41, 5.74) is 0. The minimum atomic E-state index is 0.770. The van der Waals surface area contributed by atoms with Gasteiger partial charge < -0.3 is 0 Å². The van der Waals surface area contributed by atoms with E-state index in [1.807, 2.05) is 0 Å². The molecule has 0 unspecified atom stereocenters. The molecule has 16 heavy (non-hydrogen) atoms. The smallest absolute Gasteiger partial charge is 0.0654 e. The molecule has 98 valence electrons. The van der Waals surface area contributed by atoms with Crippen molar-refractivity contribution in [1.29, 1.82) is 0 Å². The summed E-state index contributed by atoms with van der Waals surface area (Å²) in [5.74, 6) is 4.57. The Morgan fingerprint density at radius 3 is 1.44 bits per heavy atom. The fourth-order valence-electron chi connectivity index (χ4n) is 1.91. The molecule has 0 radical (unpaired) electrons. The Kier molecular flexibility index (Phi) is 13.7. The SMILES string of the molecule is CCCCCCC[S+](CCCC)CCCC. The van der Waals surface area contributed by atoms with Crippen molar-refractivity contribution in [3.8, 4) is 0 Å². The van der Waals surface area contributed by atoms with Crippen molar-refractivity contribution < 1.29 is 0 Å². The lowest BCUT2D eigenvalue weighted by atomic mass is 10.2. The summed E-state index contributed by atoms with van der Waals surface area (Å²) < 4.78 is 0. The molecule has 0 aliphatic rings. The van der Waals surface area contributed by atoms with E-state index in [2.05, 4.69) is 20.8 Å². The molecule has 0 saturated carbocycles. The second-order valence-corrected chi connectivity index (χ2v) is 7.30. The normalized spacial score (nSPS) is 11.2. The highest BCUT2D eigenvalue weighted by Crippen LogP contribution is 2.10. The van der Waals surface area contributed by atoms with E-state index in [0.29, 0.717) is 0 Å². The van der Waals surface area contributed by atoms with Gasteiger partial charge in [0.2, 0.25) is 0 Å². The minimum absolute atomic E-state index is 0.770. The number of unbranched alkanes of at least 4 members (excludes halogenated alkanes) is 6. The van der Waals surface area contributed by atoms with Crippen molar-refractivity contribution in [3.63, 3.8) is 0 Å². The highest BCUT2D eigenvalue weighted by atomic mass is 32.2. The van der Waals surface area contributed by atoms with Crippen LogP contribution in [0.3, 0.4) is 0 Å². The molecule has 0 fully saturated rings. The van der Waals surface area contributed by atoms with E-state index in [9.17, 15) is 0 Å². The van der Waals surface area contributed by atoms with E-state index >= 15 is 0 Å². The summed E-state index contributed by atoms with van der Waals surface area (Å²) in [5, 5.41) is 0. The molecule has 0 aromatic heterocycles. The Bertz CT molecular complexity index is 115. The Hall–Kier alpha value is 0.350. The van der Waals surface area contributed by atoms with Crippen molar-refractivity contribution in [3.05, 3.63) is 0 Å². The highest BCUT2D eigenvalue weighted by molar-refractivity contribution is 7.96. The first-order valence-electron chi connectivity index (χ1n) is 7.49. The van der Waals surface area contributed by atoms with Crippen LogP contribution in [0, 0.1) is 0 Å². The maximum absolute atomic E-state index is 2.32. The molecule has 0 saturated heterocycles. The van der Waals surface area contributed by atoms with Crippen LogP contribution in [0.1, 0.15) is 78.6 Å². The summed E-state index contributed by atoms with van der Waals surface area (Å²) in [6.07, 6.45) is 12.9. The van der Waals surface area contributed by atoms with Crippen LogP contribution in [0.25, 0.3) is 0 Å². The van der Waals surface area contributed by atoms with E-state index in [1.54, 1.807) is 0 Å². The zero-order chi connectivity index (χ0) is 12.1. The van der Waals surface area contributed by atoms with Gasteiger partial charge in [0, 0.05) is 0 Å². The van der Waals surface area contributed by atoms with Crippen molar-refractivity contribution in [2.45, 2.75) is 78.6 Å². The first-order valence-corrected chi connectivity index (χ1v) is 9.22. The largest absolute Gasteiger partial charge is 0.108 e. The first-order chi connectivity index (χ1) is 7.85. The molecule has 0 nitrogen and oxygen atoms in total. The zero-order valence-electron chi connectivity index (χ0n) is 11.9. The molecular weight excluding hydrogens is 212 g/mol. The first kappa shape index (κ1) is 16.4. The quantitative estimate of drug-likeness (QED) is 0.328. The third kappa shape index (κ3) is 10.9. The van der Waals surface area contributed by atoms with Crippen LogP contribution >= 0.6 is 0 Å². The molecular formula is C15H33S+. The van der Waals surface area contributed by atoms with Gasteiger partial charge in [-0.25, -0.2) is 0 Å². The number of hydrogen-bond donors (Lipinski definition) is 0. The molecule has 1 heteroatoms. The van der Waals surface area contributed by atoms with Crippen molar-refractivity contribution in [1.82, 2.24) is 0 Å². The van der Waals surface area contributed by atoms with Gasteiger partial charge in [-0.15, -0.1) is 0 Å². The standard InChI is InChI=1S/C15H33S/c1-4-7-10-11-12-15-16(13-8-5-2)14-9-6-3/h4-15H2,1-3H3/q+1. The molecule has 0 aliphatic heterocycles. The third-order valence-corrected chi connectivity index (χ3v) is 5.71. The van der Waals surface area contributed by atoms with E-state index in [0.717, 1.165) is 10.9 Å². The van der Waals surface area contributed by atoms with Crippen molar-refractivity contribution in [2.24, 2.45) is 0 Å². The maximum atomic E-state index is 2.32. The molecule has 0 spiro atoms. The van der Waals surface area contributed by atoms with Crippen LogP contribution in [0.5, 0.6) is 0 Å². The van der Waals surface area contributed by atoms with Crippen LogP contribution in [-0.2, 0) is 10.9 Å². The monoisotopic (exact) mass is 245 g/mol. The van der Waals surface area contributed by atoms with E-state index < -0.39 is 0 Å². The van der Waals surface area contributed by atoms with Crippen molar-refractivity contribution in [2.75, 3.05) is 17.3 Å². The second-order valence-electron chi connectivity index (χ2n) is 4.85. The Morgan fingerprint density at radius 2 is 0.938 bits per heavy atom. The Balaban J connectivity index is 3.48. The topological polar surface area (TPSA) is 0 Å². The minimum Gasteiger partial charge on any atom is -0.0654 e. The Morgan fingerprint density at radius 1 is 0.500 bits per heavy atom. The Labute approximate surface area is 107 Å². The lowest BCUT2D eigenvalue weighted by molar-refractivity contribution is 0.658. The molecule has 0 rings (SSSR count). The fraction of sp³-hybridized carbons (Fsp3) is 1.00. The van der Waals surface area contributed by atoms with Crippen LogP contribution in [-0.4, -0.2) is 17.3 Å². The average Bonchev–Trinajstić information content (AvgIpc) is 2.31. The summed E-state index contributed by atoms with van der Waals surface area (Å²) in [6, 6.07) is 0. The zero-order valence-corrected chi connectivity index (χ0v) is 12.7. The molecule has 0 bridgehead atoms. The molecule has 0 amide bonds. The van der Waals surface area contributed by atoms with E-state index in [4.69, 9.17) is 0 Å². The average molecular weight is 245 g/mol. The van der Waals surface area contributed by atoms with Crippen LogP contribution in [0.4, 0.5) is 0 Å². The van der Waals surface area contributed by atoms with Gasteiger partial charge in [-0.3, -0.25) is 0 Å². The predicted octanol–water partition coefficient (Wildman–Crippen LogP) is 5.18. The van der Waals surface area contributed by atoms with Gasteiger partial charge in [-0.1, -0.05) is 52.9 Å². The van der Waals surface area contributed by atoms with Gasteiger partial charge in [0.25, 0.3) is 0 Å². The van der Waals surface area contributed by atoms with Crippen LogP contribution in [0.15, 0.2) is 0 Å². The molecule has 0 aliphatic carbocycles. The van der Waals surface area contributed by atoms with Gasteiger partial charge in [0.1, 0.15) is 17.3 Å². The van der Waals surface area contributed by atoms with Gasteiger partial charge in [0.15, 0.2) is 0 Å². The summed E-state index contributed by atoms with van der Waals surface area (Å²) in [7, 11) is 0.770. The molecule has 0 N–H and O–H groups in total. The highest BCUT2D eigenvalue weighted by Gasteiger charge is 2.15. The van der Waals surface area contributed by atoms with Crippen molar-refractivity contribution >= 4 is 10.9 Å². The van der Waals surface area contributed by atoms with Gasteiger partial charge in [0.05, 0.1) is 0 Å². The molecule has 0 heterocycles. The lowest BCUT2D eigenvalue weighted by Crippen LogP contribution is -2.16. The summed E-state index contributed by atoms with van der Waals surface area (Å²) in [6.45, 7) is 6.94. The maximum Gasteiger partial charge on any atom is 0.108 e. The van der Waals surface area contributed by atoms with Crippen LogP contribution < -0.4 is 0 Å². The lowest BCUT2D eigenvalue weighted by Gasteiger charge is -2.08. The third-order valence-electron chi connectivity index (χ3n) is 3.11. The molecule has 0 aromatic carbocycles.